The van der Waals surface area contributed by atoms with Gasteiger partial charge in [0.05, 0.1) is 22.8 Å². The summed E-state index contributed by atoms with van der Waals surface area (Å²) < 4.78 is 18.6. The molecule has 132 valence electrons. The van der Waals surface area contributed by atoms with E-state index in [1.165, 1.54) is 29.5 Å². The third kappa shape index (κ3) is 2.11. The van der Waals surface area contributed by atoms with Crippen LogP contribution in [0.25, 0.3) is 22.4 Å². The van der Waals surface area contributed by atoms with Crippen LogP contribution in [0, 0.1) is 11.2 Å². The van der Waals surface area contributed by atoms with Gasteiger partial charge in [-0.25, -0.2) is 9.37 Å². The number of hydrogen-bond acceptors (Lipinski definition) is 4. The lowest BCUT2D eigenvalue weighted by atomic mass is 10.0. The van der Waals surface area contributed by atoms with Crippen LogP contribution in [0.15, 0.2) is 35.5 Å². The highest BCUT2D eigenvalue weighted by Crippen LogP contribution is 2.47. The number of rotatable bonds is 3. The van der Waals surface area contributed by atoms with Crippen molar-refractivity contribution in [2.45, 2.75) is 26.2 Å². The van der Waals surface area contributed by atoms with Gasteiger partial charge in [0.2, 0.25) is 0 Å². The third-order valence-electron chi connectivity index (χ3n) is 5.33. The Morgan fingerprint density at radius 1 is 1.31 bits per heavy atom. The van der Waals surface area contributed by atoms with Crippen molar-refractivity contribution in [1.82, 2.24) is 28.9 Å². The monoisotopic (exact) mass is 352 g/mol. The minimum absolute atomic E-state index is 0.274. The van der Waals surface area contributed by atoms with E-state index in [0.29, 0.717) is 27.8 Å². The second-order valence-electron chi connectivity index (χ2n) is 7.41. The average molecular weight is 352 g/mol. The van der Waals surface area contributed by atoms with E-state index < -0.39 is 5.82 Å². The standard InChI is InChI=1S/C18H17FN6O/c1-18(5-6-18)8-12-9-21-22-25(12)15-16-23(2)17(26)13-7-11(19)3-4-14(13)24(16)10-20-15/h3-4,7,9-10H,5-6,8H2,1-2H3. The van der Waals surface area contributed by atoms with Crippen molar-refractivity contribution in [2.24, 2.45) is 12.5 Å². The predicted molar refractivity (Wildman–Crippen MR) is 93.9 cm³/mol. The number of imidazole rings is 1. The summed E-state index contributed by atoms with van der Waals surface area (Å²) in [7, 11) is 1.66. The summed E-state index contributed by atoms with van der Waals surface area (Å²) in [4.78, 5) is 17.2. The average Bonchev–Trinajstić information content (AvgIpc) is 3.00. The molecule has 1 saturated carbocycles. The van der Waals surface area contributed by atoms with Gasteiger partial charge in [-0.3, -0.25) is 13.8 Å². The van der Waals surface area contributed by atoms with E-state index in [9.17, 15) is 9.18 Å². The van der Waals surface area contributed by atoms with Crippen LogP contribution in [0.3, 0.4) is 0 Å². The maximum absolute atomic E-state index is 13.6. The smallest absolute Gasteiger partial charge is 0.261 e. The summed E-state index contributed by atoms with van der Waals surface area (Å²) in [6.07, 6.45) is 6.64. The van der Waals surface area contributed by atoms with Crippen LogP contribution in [0.4, 0.5) is 4.39 Å². The highest BCUT2D eigenvalue weighted by atomic mass is 19.1. The molecule has 1 aromatic carbocycles. The molecule has 0 atom stereocenters. The van der Waals surface area contributed by atoms with Crippen molar-refractivity contribution in [3.8, 4) is 5.82 Å². The van der Waals surface area contributed by atoms with Crippen LogP contribution < -0.4 is 5.56 Å². The molecule has 4 aromatic rings. The maximum Gasteiger partial charge on any atom is 0.261 e. The Bertz CT molecular complexity index is 1230. The highest BCUT2D eigenvalue weighted by molar-refractivity contribution is 5.82. The second kappa shape index (κ2) is 5.00. The van der Waals surface area contributed by atoms with Gasteiger partial charge in [0.1, 0.15) is 12.1 Å². The third-order valence-corrected chi connectivity index (χ3v) is 5.33. The van der Waals surface area contributed by atoms with E-state index in [4.69, 9.17) is 0 Å². The Labute approximate surface area is 147 Å². The second-order valence-corrected chi connectivity index (χ2v) is 7.41. The predicted octanol–water partition coefficient (Wildman–Crippen LogP) is 2.25. The number of aromatic nitrogens is 6. The summed E-state index contributed by atoms with van der Waals surface area (Å²) in [6.45, 7) is 2.24. The van der Waals surface area contributed by atoms with Crippen molar-refractivity contribution in [3.63, 3.8) is 0 Å². The minimum Gasteiger partial charge on any atom is -0.294 e. The first-order valence-corrected chi connectivity index (χ1v) is 8.52. The molecule has 0 unspecified atom stereocenters. The van der Waals surface area contributed by atoms with Crippen molar-refractivity contribution >= 4 is 16.6 Å². The summed E-state index contributed by atoms with van der Waals surface area (Å²) >= 11 is 0. The van der Waals surface area contributed by atoms with Crippen LogP contribution in [0.1, 0.15) is 25.5 Å². The number of fused-ring (bicyclic) bond motifs is 3. The zero-order chi connectivity index (χ0) is 18.1. The van der Waals surface area contributed by atoms with Gasteiger partial charge in [-0.05, 0) is 42.9 Å². The molecule has 8 heteroatoms. The van der Waals surface area contributed by atoms with Gasteiger partial charge in [-0.1, -0.05) is 12.1 Å². The van der Waals surface area contributed by atoms with Gasteiger partial charge in [0, 0.05) is 7.05 Å². The Balaban J connectivity index is 1.79. The van der Waals surface area contributed by atoms with E-state index >= 15 is 0 Å². The van der Waals surface area contributed by atoms with Gasteiger partial charge in [0.25, 0.3) is 5.56 Å². The van der Waals surface area contributed by atoms with Crippen molar-refractivity contribution < 1.29 is 4.39 Å². The summed E-state index contributed by atoms with van der Waals surface area (Å²) in [6, 6.07) is 4.19. The first kappa shape index (κ1) is 15.2. The molecule has 1 fully saturated rings. The van der Waals surface area contributed by atoms with Crippen LogP contribution in [-0.4, -0.2) is 28.9 Å². The molecule has 0 saturated heterocycles. The quantitative estimate of drug-likeness (QED) is 0.567. The number of nitrogens with zero attached hydrogens (tertiary/aromatic N) is 6. The van der Waals surface area contributed by atoms with Crippen LogP contribution in [0.5, 0.6) is 0 Å². The van der Waals surface area contributed by atoms with Crippen LogP contribution >= 0.6 is 0 Å². The van der Waals surface area contributed by atoms with E-state index in [-0.39, 0.29) is 5.56 Å². The molecular weight excluding hydrogens is 335 g/mol. The van der Waals surface area contributed by atoms with Crippen molar-refractivity contribution in [1.29, 1.82) is 0 Å². The molecule has 1 aliphatic carbocycles. The molecule has 0 N–H and O–H groups in total. The lowest BCUT2D eigenvalue weighted by Gasteiger charge is -2.11. The molecule has 1 aliphatic rings. The molecule has 5 rings (SSSR count). The fourth-order valence-corrected chi connectivity index (χ4v) is 3.52. The highest BCUT2D eigenvalue weighted by Gasteiger charge is 2.38. The fraction of sp³-hybridized carbons (Fsp3) is 0.333. The molecule has 0 spiro atoms. The maximum atomic E-state index is 13.6. The van der Waals surface area contributed by atoms with Crippen LogP contribution in [0.2, 0.25) is 0 Å². The normalized spacial score (nSPS) is 15.8. The van der Waals surface area contributed by atoms with E-state index in [2.05, 4.69) is 22.2 Å². The largest absolute Gasteiger partial charge is 0.294 e. The summed E-state index contributed by atoms with van der Waals surface area (Å²) in [5.41, 5.74) is 2.20. The number of benzene rings is 1. The van der Waals surface area contributed by atoms with Crippen molar-refractivity contribution in [3.05, 3.63) is 52.6 Å². The first-order valence-electron chi connectivity index (χ1n) is 8.52. The molecule has 3 aromatic heterocycles. The van der Waals surface area contributed by atoms with Gasteiger partial charge in [-0.2, -0.15) is 4.68 Å². The van der Waals surface area contributed by atoms with Crippen LogP contribution in [-0.2, 0) is 13.5 Å². The van der Waals surface area contributed by atoms with Gasteiger partial charge < -0.3 is 0 Å². The van der Waals surface area contributed by atoms with E-state index in [1.807, 2.05) is 0 Å². The SMILES string of the molecule is Cn1c(=O)c2cc(F)ccc2n2cnc(-n3nncc3CC3(C)CC3)c12. The Morgan fingerprint density at radius 3 is 2.88 bits per heavy atom. The molecule has 7 nitrogen and oxygen atoms in total. The first-order chi connectivity index (χ1) is 12.5. The topological polar surface area (TPSA) is 70.0 Å². The molecule has 0 aliphatic heterocycles. The van der Waals surface area contributed by atoms with Gasteiger partial charge in [-0.15, -0.1) is 5.10 Å². The van der Waals surface area contributed by atoms with E-state index in [1.54, 1.807) is 34.7 Å². The molecule has 0 bridgehead atoms. The molecule has 0 radical (unpaired) electrons. The minimum atomic E-state index is -0.439. The van der Waals surface area contributed by atoms with Gasteiger partial charge in [0.15, 0.2) is 11.5 Å². The molecule has 0 amide bonds. The van der Waals surface area contributed by atoms with Gasteiger partial charge >= 0.3 is 0 Å². The lowest BCUT2D eigenvalue weighted by Crippen LogP contribution is -2.21. The number of halogens is 1. The zero-order valence-corrected chi connectivity index (χ0v) is 14.5. The Hall–Kier alpha value is -3.03. The lowest BCUT2D eigenvalue weighted by molar-refractivity contribution is 0.547. The van der Waals surface area contributed by atoms with E-state index in [0.717, 1.165) is 12.1 Å². The summed E-state index contributed by atoms with van der Waals surface area (Å²) in [5, 5.41) is 8.56. The molecular formula is C18H17FN6O. The fourth-order valence-electron chi connectivity index (χ4n) is 3.52. The summed E-state index contributed by atoms with van der Waals surface area (Å²) in [5.74, 6) is 0.109. The number of hydrogen-bond donors (Lipinski definition) is 0. The zero-order valence-electron chi connectivity index (χ0n) is 14.5. The Morgan fingerprint density at radius 2 is 2.12 bits per heavy atom. The number of aryl methyl sites for hydroxylation is 1. The Kier molecular flexibility index (Phi) is 2.93. The molecule has 26 heavy (non-hydrogen) atoms. The van der Waals surface area contributed by atoms with Crippen molar-refractivity contribution in [2.75, 3.05) is 0 Å². The molecule has 3 heterocycles.